The topological polar surface area (TPSA) is 57.5 Å². The number of Topliss-reactive ketones (excluding diaryl/α,β-unsaturated/α-hetero) is 1. The fourth-order valence-electron chi connectivity index (χ4n) is 3.85. The predicted molar refractivity (Wildman–Crippen MR) is 126 cm³/mol. The van der Waals surface area contributed by atoms with Crippen LogP contribution in [0.3, 0.4) is 0 Å². The Morgan fingerprint density at radius 1 is 1.06 bits per heavy atom. The van der Waals surface area contributed by atoms with Gasteiger partial charge in [0.2, 0.25) is 5.78 Å². The van der Waals surface area contributed by atoms with E-state index in [0.717, 1.165) is 20.9 Å². The number of carbonyl (C=O) groups is 2. The van der Waals surface area contributed by atoms with E-state index in [4.69, 9.17) is 9.47 Å². The Hall–Kier alpha value is -3.64. The first-order valence-electron chi connectivity index (χ1n) is 10.0. The molecule has 6 heteroatoms. The molecule has 1 aromatic heterocycles. The maximum atomic E-state index is 13.0. The SMILES string of the molecule is Cc1c(OC(=O)c2ccc(Br)cc2)ccc2c1OC(=Cc1cn(C)c3ccccc13)C2=O. The van der Waals surface area contributed by atoms with Crippen molar-refractivity contribution in [2.45, 2.75) is 6.92 Å². The maximum absolute atomic E-state index is 13.0. The summed E-state index contributed by atoms with van der Waals surface area (Å²) in [5, 5.41) is 1.04. The third-order valence-corrected chi connectivity index (χ3v) is 6.06. The molecule has 0 aliphatic carbocycles. The van der Waals surface area contributed by atoms with E-state index in [1.807, 2.05) is 42.1 Å². The summed E-state index contributed by atoms with van der Waals surface area (Å²) in [6.07, 6.45) is 3.73. The molecule has 5 rings (SSSR count). The van der Waals surface area contributed by atoms with Crippen molar-refractivity contribution in [3.8, 4) is 11.5 Å². The molecule has 1 aliphatic rings. The molecule has 0 saturated heterocycles. The lowest BCUT2D eigenvalue weighted by Gasteiger charge is -2.10. The summed E-state index contributed by atoms with van der Waals surface area (Å²) in [6, 6.07) is 18.2. The van der Waals surface area contributed by atoms with Gasteiger partial charge in [-0.3, -0.25) is 4.79 Å². The van der Waals surface area contributed by atoms with Gasteiger partial charge in [-0.1, -0.05) is 34.1 Å². The molecule has 0 spiro atoms. The Kier molecular flexibility index (Phi) is 4.94. The second kappa shape index (κ2) is 7.80. The van der Waals surface area contributed by atoms with E-state index in [9.17, 15) is 9.59 Å². The zero-order valence-electron chi connectivity index (χ0n) is 17.4. The molecule has 0 bridgehead atoms. The third-order valence-electron chi connectivity index (χ3n) is 5.53. The average Bonchev–Trinajstić information content (AvgIpc) is 3.28. The molecule has 2 heterocycles. The molecule has 0 atom stereocenters. The number of ketones is 1. The summed E-state index contributed by atoms with van der Waals surface area (Å²) in [5.74, 6) is 0.354. The standard InChI is InChI=1S/C26H18BrNO4/c1-15-22(32-26(30)16-7-9-18(27)10-8-16)12-11-20-24(29)23(31-25(15)20)13-17-14-28(2)21-6-4-3-5-19(17)21/h3-14H,1-2H3. The van der Waals surface area contributed by atoms with Gasteiger partial charge in [-0.2, -0.15) is 0 Å². The Morgan fingerprint density at radius 3 is 2.59 bits per heavy atom. The van der Waals surface area contributed by atoms with Crippen molar-refractivity contribution >= 4 is 44.7 Å². The zero-order chi connectivity index (χ0) is 22.4. The molecular weight excluding hydrogens is 470 g/mol. The van der Waals surface area contributed by atoms with Crippen molar-refractivity contribution in [3.05, 3.63) is 99.3 Å². The highest BCUT2D eigenvalue weighted by atomic mass is 79.9. The number of halogens is 1. The summed E-state index contributed by atoms with van der Waals surface area (Å²) in [7, 11) is 1.96. The lowest BCUT2D eigenvalue weighted by molar-refractivity contribution is 0.0733. The van der Waals surface area contributed by atoms with Crippen LogP contribution in [0.5, 0.6) is 11.5 Å². The average molecular weight is 488 g/mol. The van der Waals surface area contributed by atoms with E-state index in [-0.39, 0.29) is 11.5 Å². The van der Waals surface area contributed by atoms with Crippen LogP contribution in [-0.2, 0) is 7.05 Å². The first kappa shape index (κ1) is 20.3. The van der Waals surface area contributed by atoms with Crippen molar-refractivity contribution in [3.63, 3.8) is 0 Å². The predicted octanol–water partition coefficient (Wildman–Crippen LogP) is 6.08. The van der Waals surface area contributed by atoms with Crippen molar-refractivity contribution < 1.29 is 19.1 Å². The van der Waals surface area contributed by atoms with Gasteiger partial charge in [-0.05, 0) is 55.5 Å². The Morgan fingerprint density at radius 2 is 1.81 bits per heavy atom. The number of para-hydroxylation sites is 1. The lowest BCUT2D eigenvalue weighted by Crippen LogP contribution is -2.09. The molecule has 5 nitrogen and oxygen atoms in total. The number of benzene rings is 3. The van der Waals surface area contributed by atoms with E-state index >= 15 is 0 Å². The highest BCUT2D eigenvalue weighted by molar-refractivity contribution is 9.10. The Balaban J connectivity index is 1.46. The number of ether oxygens (including phenoxy) is 2. The fourth-order valence-corrected chi connectivity index (χ4v) is 4.12. The quantitative estimate of drug-likeness (QED) is 0.199. The molecule has 0 radical (unpaired) electrons. The molecule has 1 aliphatic heterocycles. The molecule has 0 saturated carbocycles. The molecule has 4 aromatic rings. The monoisotopic (exact) mass is 487 g/mol. The smallest absolute Gasteiger partial charge is 0.343 e. The molecule has 158 valence electrons. The Bertz CT molecular complexity index is 1430. The van der Waals surface area contributed by atoms with Crippen molar-refractivity contribution in [1.29, 1.82) is 0 Å². The minimum atomic E-state index is -0.476. The highest BCUT2D eigenvalue weighted by Gasteiger charge is 2.31. The van der Waals surface area contributed by atoms with E-state index in [2.05, 4.69) is 15.9 Å². The van der Waals surface area contributed by atoms with Gasteiger partial charge in [0.15, 0.2) is 5.76 Å². The minimum absolute atomic E-state index is 0.193. The van der Waals surface area contributed by atoms with Gasteiger partial charge < -0.3 is 14.0 Å². The van der Waals surface area contributed by atoms with Gasteiger partial charge in [0, 0.05) is 39.7 Å². The van der Waals surface area contributed by atoms with Crippen LogP contribution in [0.4, 0.5) is 0 Å². The number of fused-ring (bicyclic) bond motifs is 2. The Labute approximate surface area is 193 Å². The van der Waals surface area contributed by atoms with Crippen LogP contribution in [0.2, 0.25) is 0 Å². The molecule has 3 aromatic carbocycles. The van der Waals surface area contributed by atoms with Crippen LogP contribution in [0.25, 0.3) is 17.0 Å². The third kappa shape index (κ3) is 3.42. The van der Waals surface area contributed by atoms with Crippen LogP contribution in [-0.4, -0.2) is 16.3 Å². The number of hydrogen-bond donors (Lipinski definition) is 0. The minimum Gasteiger partial charge on any atom is -0.452 e. The van der Waals surface area contributed by atoms with Crippen LogP contribution in [0, 0.1) is 6.92 Å². The zero-order valence-corrected chi connectivity index (χ0v) is 19.0. The largest absolute Gasteiger partial charge is 0.452 e. The molecule has 32 heavy (non-hydrogen) atoms. The van der Waals surface area contributed by atoms with Gasteiger partial charge >= 0.3 is 5.97 Å². The van der Waals surface area contributed by atoms with Crippen LogP contribution in [0.15, 0.2) is 77.1 Å². The summed E-state index contributed by atoms with van der Waals surface area (Å²) in [6.45, 7) is 1.77. The molecular formula is C26H18BrNO4. The number of rotatable bonds is 3. The van der Waals surface area contributed by atoms with Crippen molar-refractivity contribution in [2.24, 2.45) is 7.05 Å². The van der Waals surface area contributed by atoms with Crippen LogP contribution < -0.4 is 9.47 Å². The number of esters is 1. The van der Waals surface area contributed by atoms with E-state index in [1.165, 1.54) is 0 Å². The summed E-state index contributed by atoms with van der Waals surface area (Å²) < 4.78 is 14.4. The van der Waals surface area contributed by atoms with E-state index in [1.54, 1.807) is 49.4 Å². The summed E-state index contributed by atoms with van der Waals surface area (Å²) in [4.78, 5) is 25.5. The highest BCUT2D eigenvalue weighted by Crippen LogP contribution is 2.40. The van der Waals surface area contributed by atoms with Crippen LogP contribution in [0.1, 0.15) is 31.8 Å². The van der Waals surface area contributed by atoms with Gasteiger partial charge in [-0.15, -0.1) is 0 Å². The van der Waals surface area contributed by atoms with E-state index in [0.29, 0.717) is 28.2 Å². The molecule has 0 N–H and O–H groups in total. The van der Waals surface area contributed by atoms with Gasteiger partial charge in [0.25, 0.3) is 0 Å². The van der Waals surface area contributed by atoms with E-state index < -0.39 is 5.97 Å². The summed E-state index contributed by atoms with van der Waals surface area (Å²) >= 11 is 3.35. The second-order valence-electron chi connectivity index (χ2n) is 7.61. The van der Waals surface area contributed by atoms with Gasteiger partial charge in [0.1, 0.15) is 11.5 Å². The maximum Gasteiger partial charge on any atom is 0.343 e. The molecule has 0 amide bonds. The number of allylic oxidation sites excluding steroid dienone is 1. The lowest BCUT2D eigenvalue weighted by atomic mass is 10.1. The van der Waals surface area contributed by atoms with Crippen LogP contribution >= 0.6 is 15.9 Å². The van der Waals surface area contributed by atoms with Gasteiger partial charge in [-0.25, -0.2) is 4.79 Å². The first-order chi connectivity index (χ1) is 15.4. The number of aromatic nitrogens is 1. The summed E-state index contributed by atoms with van der Waals surface area (Å²) in [5.41, 5.74) is 3.46. The first-order valence-corrected chi connectivity index (χ1v) is 10.8. The fraction of sp³-hybridized carbons (Fsp3) is 0.0769. The van der Waals surface area contributed by atoms with Crippen molar-refractivity contribution in [2.75, 3.05) is 0 Å². The van der Waals surface area contributed by atoms with Gasteiger partial charge in [0.05, 0.1) is 11.1 Å². The number of hydrogen-bond acceptors (Lipinski definition) is 4. The molecule has 0 fully saturated rings. The number of nitrogens with zero attached hydrogens (tertiary/aromatic N) is 1. The number of aryl methyl sites for hydroxylation is 1. The van der Waals surface area contributed by atoms with Crippen molar-refractivity contribution in [1.82, 2.24) is 4.57 Å². The normalized spacial score (nSPS) is 14.0. The second-order valence-corrected chi connectivity index (χ2v) is 8.53. The number of carbonyl (C=O) groups excluding carboxylic acids is 2. The molecule has 0 unspecified atom stereocenters.